The van der Waals surface area contributed by atoms with E-state index in [0.29, 0.717) is 6.54 Å². The maximum absolute atomic E-state index is 9.38. The van der Waals surface area contributed by atoms with Gasteiger partial charge in [0.05, 0.1) is 23.6 Å². The molecule has 0 aliphatic heterocycles. The molecule has 0 aliphatic rings. The first-order valence-corrected chi connectivity index (χ1v) is 10.8. The maximum atomic E-state index is 9.38. The zero-order valence-corrected chi connectivity index (χ0v) is 18.5. The number of nitriles is 1. The van der Waals surface area contributed by atoms with Gasteiger partial charge in [-0.05, 0) is 43.2 Å². The van der Waals surface area contributed by atoms with E-state index in [1.54, 1.807) is 0 Å². The monoisotopic (exact) mass is 420 g/mol. The Morgan fingerprint density at radius 2 is 1.75 bits per heavy atom. The van der Waals surface area contributed by atoms with Crippen LogP contribution in [0.3, 0.4) is 0 Å². The van der Waals surface area contributed by atoms with Crippen molar-refractivity contribution in [2.45, 2.75) is 40.3 Å². The smallest absolute Gasteiger partial charge is 0.160 e. The van der Waals surface area contributed by atoms with Gasteiger partial charge in [-0.25, -0.2) is 15.0 Å². The molecule has 0 fully saturated rings. The summed E-state index contributed by atoms with van der Waals surface area (Å²) in [5, 5.41) is 9.38. The molecule has 0 unspecified atom stereocenters. The van der Waals surface area contributed by atoms with Crippen LogP contribution in [0.5, 0.6) is 0 Å². The van der Waals surface area contributed by atoms with Crippen molar-refractivity contribution in [2.24, 2.45) is 0 Å². The van der Waals surface area contributed by atoms with E-state index in [-0.39, 0.29) is 6.54 Å². The molecule has 0 spiro atoms. The highest BCUT2D eigenvalue weighted by atomic mass is 15.1. The molecule has 2 aromatic carbocycles. The number of nitrogens with zero attached hydrogens (tertiary/aromatic N) is 6. The molecule has 6 nitrogen and oxygen atoms in total. The number of fused-ring (bicyclic) bond motifs is 2. The van der Waals surface area contributed by atoms with E-state index in [4.69, 9.17) is 15.0 Å². The lowest BCUT2D eigenvalue weighted by Gasteiger charge is -2.09. The standard InChI is InChI=1S/C26H24N6/c1-4-23-30-24-17(2)14-18(3)28-26(24)32(23)16-19-10-11-22-21(15-19)29-25(31(22)13-12-27)20-8-6-5-7-9-20/h5-11,14-15H,4,13,16H2,1-3H3. The first-order valence-electron chi connectivity index (χ1n) is 10.8. The Labute approximate surface area is 186 Å². The van der Waals surface area contributed by atoms with E-state index in [1.165, 1.54) is 0 Å². The second kappa shape index (κ2) is 7.93. The Kier molecular flexibility index (Phi) is 4.95. The SMILES string of the molecule is CCc1nc2c(C)cc(C)nc2n1Cc1ccc2c(c1)nc(-c1ccccc1)n2CC#N. The van der Waals surface area contributed by atoms with Crippen LogP contribution in [0.2, 0.25) is 0 Å². The summed E-state index contributed by atoms with van der Waals surface area (Å²) >= 11 is 0. The van der Waals surface area contributed by atoms with Gasteiger partial charge < -0.3 is 9.13 Å². The van der Waals surface area contributed by atoms with Crippen molar-refractivity contribution < 1.29 is 0 Å². The van der Waals surface area contributed by atoms with Gasteiger partial charge in [-0.15, -0.1) is 0 Å². The summed E-state index contributed by atoms with van der Waals surface area (Å²) in [5.41, 5.74) is 8.04. The number of rotatable bonds is 5. The molecule has 32 heavy (non-hydrogen) atoms. The van der Waals surface area contributed by atoms with Crippen LogP contribution in [0.15, 0.2) is 54.6 Å². The number of aromatic nitrogens is 5. The molecule has 3 heterocycles. The predicted molar refractivity (Wildman–Crippen MR) is 126 cm³/mol. The third-order valence-electron chi connectivity index (χ3n) is 5.83. The van der Waals surface area contributed by atoms with Crippen molar-refractivity contribution in [3.05, 3.63) is 77.2 Å². The van der Waals surface area contributed by atoms with Crippen LogP contribution >= 0.6 is 0 Å². The Bertz CT molecular complexity index is 1480. The fraction of sp³-hybridized carbons (Fsp3) is 0.231. The number of hydrogen-bond acceptors (Lipinski definition) is 4. The lowest BCUT2D eigenvalue weighted by atomic mass is 10.2. The fourth-order valence-electron chi connectivity index (χ4n) is 4.38. The van der Waals surface area contributed by atoms with Gasteiger partial charge in [-0.2, -0.15) is 5.26 Å². The van der Waals surface area contributed by atoms with Gasteiger partial charge in [-0.3, -0.25) is 0 Å². The van der Waals surface area contributed by atoms with Gasteiger partial charge in [0, 0.05) is 17.7 Å². The maximum Gasteiger partial charge on any atom is 0.160 e. The van der Waals surface area contributed by atoms with Gasteiger partial charge >= 0.3 is 0 Å². The van der Waals surface area contributed by atoms with Crippen molar-refractivity contribution >= 4 is 22.2 Å². The van der Waals surface area contributed by atoms with Crippen LogP contribution < -0.4 is 0 Å². The highest BCUT2D eigenvalue weighted by Crippen LogP contribution is 2.27. The minimum atomic E-state index is 0.259. The minimum Gasteiger partial charge on any atom is -0.310 e. The van der Waals surface area contributed by atoms with Gasteiger partial charge in [0.2, 0.25) is 0 Å². The van der Waals surface area contributed by atoms with Crippen LogP contribution in [-0.4, -0.2) is 24.1 Å². The fourth-order valence-corrected chi connectivity index (χ4v) is 4.38. The van der Waals surface area contributed by atoms with E-state index >= 15 is 0 Å². The van der Waals surface area contributed by atoms with Crippen LogP contribution in [0.25, 0.3) is 33.6 Å². The number of hydrogen-bond donors (Lipinski definition) is 0. The molecular weight excluding hydrogens is 396 g/mol. The third kappa shape index (κ3) is 3.32. The molecule has 0 saturated carbocycles. The van der Waals surface area contributed by atoms with E-state index in [1.807, 2.05) is 41.8 Å². The summed E-state index contributed by atoms with van der Waals surface area (Å²) in [6.45, 7) is 7.17. The first kappa shape index (κ1) is 20.0. The van der Waals surface area contributed by atoms with E-state index in [0.717, 1.165) is 62.7 Å². The van der Waals surface area contributed by atoms with Gasteiger partial charge in [0.25, 0.3) is 0 Å². The van der Waals surface area contributed by atoms with Crippen LogP contribution in [-0.2, 0) is 19.5 Å². The zero-order valence-electron chi connectivity index (χ0n) is 18.5. The predicted octanol–water partition coefficient (Wildman–Crippen LogP) is 5.20. The summed E-state index contributed by atoms with van der Waals surface area (Å²) in [6, 6.07) is 20.7. The van der Waals surface area contributed by atoms with Crippen LogP contribution in [0, 0.1) is 25.2 Å². The molecular formula is C26H24N6. The van der Waals surface area contributed by atoms with E-state index in [2.05, 4.69) is 48.7 Å². The van der Waals surface area contributed by atoms with E-state index < -0.39 is 0 Å². The molecule has 0 aliphatic carbocycles. The largest absolute Gasteiger partial charge is 0.310 e. The highest BCUT2D eigenvalue weighted by molar-refractivity contribution is 5.82. The number of imidazole rings is 2. The summed E-state index contributed by atoms with van der Waals surface area (Å²) in [5.74, 6) is 1.84. The van der Waals surface area contributed by atoms with Crippen molar-refractivity contribution in [1.29, 1.82) is 5.26 Å². The van der Waals surface area contributed by atoms with Crippen molar-refractivity contribution in [3.63, 3.8) is 0 Å². The second-order valence-corrected chi connectivity index (χ2v) is 8.09. The second-order valence-electron chi connectivity index (χ2n) is 8.09. The summed E-state index contributed by atoms with van der Waals surface area (Å²) < 4.78 is 4.19. The minimum absolute atomic E-state index is 0.259. The van der Waals surface area contributed by atoms with Gasteiger partial charge in [0.1, 0.15) is 23.7 Å². The molecule has 6 heteroatoms. The third-order valence-corrected chi connectivity index (χ3v) is 5.83. The number of aryl methyl sites for hydroxylation is 3. The summed E-state index contributed by atoms with van der Waals surface area (Å²) in [6.07, 6.45) is 0.839. The summed E-state index contributed by atoms with van der Waals surface area (Å²) in [4.78, 5) is 14.5. The van der Waals surface area contributed by atoms with Crippen molar-refractivity contribution in [1.82, 2.24) is 24.1 Å². The molecule has 3 aromatic heterocycles. The molecule has 0 radical (unpaired) electrons. The number of pyridine rings is 1. The molecule has 5 rings (SSSR count). The summed E-state index contributed by atoms with van der Waals surface area (Å²) in [7, 11) is 0. The molecule has 5 aromatic rings. The topological polar surface area (TPSA) is 72.3 Å². The average molecular weight is 421 g/mol. The Hall–Kier alpha value is -3.98. The Morgan fingerprint density at radius 1 is 0.938 bits per heavy atom. The highest BCUT2D eigenvalue weighted by Gasteiger charge is 2.16. The van der Waals surface area contributed by atoms with Gasteiger partial charge in [-0.1, -0.05) is 43.3 Å². The van der Waals surface area contributed by atoms with Crippen LogP contribution in [0.1, 0.15) is 29.6 Å². The van der Waals surface area contributed by atoms with E-state index in [9.17, 15) is 5.26 Å². The molecule has 0 atom stereocenters. The van der Waals surface area contributed by atoms with Crippen molar-refractivity contribution in [3.8, 4) is 17.5 Å². The molecule has 0 N–H and O–H groups in total. The average Bonchev–Trinajstić information content (AvgIpc) is 3.33. The first-order chi connectivity index (χ1) is 15.6. The zero-order chi connectivity index (χ0) is 22.2. The quantitative estimate of drug-likeness (QED) is 0.392. The molecule has 0 bridgehead atoms. The van der Waals surface area contributed by atoms with Crippen molar-refractivity contribution in [2.75, 3.05) is 0 Å². The Morgan fingerprint density at radius 3 is 2.50 bits per heavy atom. The van der Waals surface area contributed by atoms with Crippen LogP contribution in [0.4, 0.5) is 0 Å². The number of benzene rings is 2. The Balaban J connectivity index is 1.62. The lowest BCUT2D eigenvalue weighted by Crippen LogP contribution is -2.06. The molecule has 0 amide bonds. The normalized spacial score (nSPS) is 11.3. The molecule has 158 valence electrons. The molecule has 0 saturated heterocycles. The van der Waals surface area contributed by atoms with Gasteiger partial charge in [0.15, 0.2) is 5.65 Å². The lowest BCUT2D eigenvalue weighted by molar-refractivity contribution is 0.746.